The molecule has 0 unspecified atom stereocenters. The summed E-state index contributed by atoms with van der Waals surface area (Å²) in [6, 6.07) is 18.4. The number of hydrogen-bond donors (Lipinski definition) is 0. The topological polar surface area (TPSA) is 43.4 Å². The highest BCUT2D eigenvalue weighted by Gasteiger charge is 2.39. The van der Waals surface area contributed by atoms with E-state index in [4.69, 9.17) is 0 Å². The van der Waals surface area contributed by atoms with E-state index in [1.54, 1.807) is 17.0 Å². The fourth-order valence-electron chi connectivity index (χ4n) is 4.53. The zero-order valence-electron chi connectivity index (χ0n) is 18.2. The number of likely N-dealkylation sites (N-methyl/N-ethyl adjacent to an activating group) is 1. The van der Waals surface area contributed by atoms with Gasteiger partial charge in [0, 0.05) is 47.7 Å². The van der Waals surface area contributed by atoms with Crippen molar-refractivity contribution in [3.05, 3.63) is 80.7 Å². The number of quaternary nitrogens is 1. The SMILES string of the molecule is C[N+](C)(CCc1ccccc1)C1CCN(C(=O)C([O-])(c2cccs2)c2cccs2)CC1. The van der Waals surface area contributed by atoms with E-state index in [9.17, 15) is 9.90 Å². The Hall–Kier alpha value is -1.99. The summed E-state index contributed by atoms with van der Waals surface area (Å²) in [5.41, 5.74) is -0.461. The van der Waals surface area contributed by atoms with Crippen molar-refractivity contribution in [2.45, 2.75) is 30.9 Å². The van der Waals surface area contributed by atoms with Crippen molar-refractivity contribution in [3.63, 3.8) is 0 Å². The summed E-state index contributed by atoms with van der Waals surface area (Å²) in [4.78, 5) is 16.5. The molecular weight excluding hydrogens is 424 g/mol. The first-order valence-electron chi connectivity index (χ1n) is 10.9. The van der Waals surface area contributed by atoms with Crippen LogP contribution in [0, 0.1) is 0 Å². The highest BCUT2D eigenvalue weighted by Crippen LogP contribution is 2.35. The maximum Gasteiger partial charge on any atom is 0.222 e. The molecule has 6 heteroatoms. The Balaban J connectivity index is 1.42. The number of amides is 1. The molecule has 0 atom stereocenters. The molecule has 1 aliphatic rings. The van der Waals surface area contributed by atoms with Gasteiger partial charge in [0.15, 0.2) is 0 Å². The Labute approximate surface area is 193 Å². The minimum Gasteiger partial charge on any atom is -0.834 e. The number of carbonyl (C=O) groups excluding carboxylic acids is 1. The van der Waals surface area contributed by atoms with Gasteiger partial charge >= 0.3 is 0 Å². The lowest BCUT2D eigenvalue weighted by Crippen LogP contribution is -2.60. The second kappa shape index (κ2) is 9.25. The summed E-state index contributed by atoms with van der Waals surface area (Å²) < 4.78 is 0.940. The van der Waals surface area contributed by atoms with Crippen LogP contribution >= 0.6 is 22.7 Å². The predicted octanol–water partition coefficient (Wildman–Crippen LogP) is 3.72. The molecule has 1 aromatic carbocycles. The molecule has 4 rings (SSSR count). The summed E-state index contributed by atoms with van der Waals surface area (Å²) >= 11 is 2.75. The lowest BCUT2D eigenvalue weighted by Gasteiger charge is -2.46. The number of rotatable bonds is 7. The van der Waals surface area contributed by atoms with Crippen molar-refractivity contribution in [3.8, 4) is 0 Å². The number of likely N-dealkylation sites (tertiary alicyclic amines) is 1. The standard InChI is InChI=1S/C25H30N2O2S2/c1-27(2,17-14-20-8-4-3-5-9-20)21-12-15-26(16-13-21)24(28)25(29,22-10-6-18-30-22)23-11-7-19-31-23/h3-11,18-19,21H,12-17H2,1-2H3. The molecule has 1 aliphatic heterocycles. The van der Waals surface area contributed by atoms with Crippen LogP contribution in [0.5, 0.6) is 0 Å². The second-order valence-corrected chi connectivity index (χ2v) is 10.8. The van der Waals surface area contributed by atoms with Gasteiger partial charge in [-0.05, 0) is 28.5 Å². The molecule has 3 aromatic rings. The molecule has 4 nitrogen and oxygen atoms in total. The summed E-state index contributed by atoms with van der Waals surface area (Å²) in [5, 5.41) is 17.7. The van der Waals surface area contributed by atoms with Gasteiger partial charge in [0.2, 0.25) is 5.91 Å². The quantitative estimate of drug-likeness (QED) is 0.511. The monoisotopic (exact) mass is 454 g/mol. The lowest BCUT2D eigenvalue weighted by atomic mass is 9.94. The third-order valence-electron chi connectivity index (χ3n) is 6.60. The molecule has 1 saturated heterocycles. The van der Waals surface area contributed by atoms with Gasteiger partial charge < -0.3 is 14.5 Å². The lowest BCUT2D eigenvalue weighted by molar-refractivity contribution is -0.916. The van der Waals surface area contributed by atoms with Gasteiger partial charge in [0.25, 0.3) is 0 Å². The Morgan fingerprint density at radius 1 is 1.00 bits per heavy atom. The largest absolute Gasteiger partial charge is 0.834 e. The number of hydrogen-bond acceptors (Lipinski definition) is 4. The van der Waals surface area contributed by atoms with Crippen LogP contribution in [-0.2, 0) is 16.8 Å². The van der Waals surface area contributed by atoms with Crippen molar-refractivity contribution in [2.75, 3.05) is 33.7 Å². The maximum atomic E-state index is 14.0. The predicted molar refractivity (Wildman–Crippen MR) is 126 cm³/mol. The van der Waals surface area contributed by atoms with Crippen molar-refractivity contribution in [1.29, 1.82) is 0 Å². The van der Waals surface area contributed by atoms with Crippen LogP contribution < -0.4 is 5.11 Å². The third kappa shape index (κ3) is 4.62. The molecule has 1 amide bonds. The average Bonchev–Trinajstić information content (AvgIpc) is 3.53. The van der Waals surface area contributed by atoms with Gasteiger partial charge in [-0.1, -0.05) is 42.5 Å². The summed E-state index contributed by atoms with van der Waals surface area (Å²) in [6.45, 7) is 2.37. The summed E-state index contributed by atoms with van der Waals surface area (Å²) in [7, 11) is 4.58. The van der Waals surface area contributed by atoms with Gasteiger partial charge in [-0.25, -0.2) is 0 Å². The fraction of sp³-hybridized carbons (Fsp3) is 0.400. The first kappa shape index (κ1) is 22.2. The van der Waals surface area contributed by atoms with Crippen LogP contribution in [0.25, 0.3) is 0 Å². The zero-order chi connectivity index (χ0) is 21.9. The van der Waals surface area contributed by atoms with Crippen LogP contribution in [0.2, 0.25) is 0 Å². The number of benzene rings is 1. The molecule has 1 fully saturated rings. The Bertz CT molecular complexity index is 926. The number of piperidine rings is 1. The van der Waals surface area contributed by atoms with E-state index >= 15 is 0 Å². The Morgan fingerprint density at radius 2 is 1.58 bits per heavy atom. The van der Waals surface area contributed by atoms with E-state index in [0.717, 1.165) is 30.3 Å². The van der Waals surface area contributed by atoms with Crippen LogP contribution in [0.15, 0.2) is 65.4 Å². The molecule has 31 heavy (non-hydrogen) atoms. The van der Waals surface area contributed by atoms with Crippen molar-refractivity contribution in [2.24, 2.45) is 0 Å². The van der Waals surface area contributed by atoms with Crippen molar-refractivity contribution in [1.82, 2.24) is 4.90 Å². The van der Waals surface area contributed by atoms with Gasteiger partial charge in [0.1, 0.15) is 0 Å². The van der Waals surface area contributed by atoms with Crippen LogP contribution in [0.1, 0.15) is 28.2 Å². The normalized spacial score (nSPS) is 15.9. The first-order valence-corrected chi connectivity index (χ1v) is 12.6. The third-order valence-corrected chi connectivity index (χ3v) is 8.54. The second-order valence-electron chi connectivity index (χ2n) is 8.90. The molecule has 0 saturated carbocycles. The fourth-order valence-corrected chi connectivity index (χ4v) is 6.24. The van der Waals surface area contributed by atoms with Crippen LogP contribution in [0.4, 0.5) is 0 Å². The highest BCUT2D eigenvalue weighted by atomic mass is 32.1. The van der Waals surface area contributed by atoms with Gasteiger partial charge in [-0.2, -0.15) is 0 Å². The van der Waals surface area contributed by atoms with Gasteiger partial charge in [-0.3, -0.25) is 4.79 Å². The molecule has 0 radical (unpaired) electrons. The minimum atomic E-state index is -1.83. The maximum absolute atomic E-state index is 14.0. The van der Waals surface area contributed by atoms with E-state index in [-0.39, 0.29) is 5.91 Å². The Kier molecular flexibility index (Phi) is 6.63. The number of thiophene rings is 2. The molecular formula is C25H30N2O2S2. The number of nitrogens with zero attached hydrogens (tertiary/aromatic N) is 2. The first-order chi connectivity index (χ1) is 14.9. The number of carbonyl (C=O) groups is 1. The van der Waals surface area contributed by atoms with E-state index < -0.39 is 5.60 Å². The highest BCUT2D eigenvalue weighted by molar-refractivity contribution is 7.12. The zero-order valence-corrected chi connectivity index (χ0v) is 19.8. The smallest absolute Gasteiger partial charge is 0.222 e. The van der Waals surface area contributed by atoms with E-state index in [0.29, 0.717) is 28.9 Å². The van der Waals surface area contributed by atoms with Crippen molar-refractivity contribution < 1.29 is 14.4 Å². The van der Waals surface area contributed by atoms with Crippen LogP contribution in [-0.4, -0.2) is 55.1 Å². The van der Waals surface area contributed by atoms with E-state index in [1.807, 2.05) is 22.9 Å². The van der Waals surface area contributed by atoms with E-state index in [2.05, 4.69) is 44.4 Å². The van der Waals surface area contributed by atoms with E-state index in [1.165, 1.54) is 28.2 Å². The van der Waals surface area contributed by atoms with Gasteiger partial charge in [0.05, 0.1) is 26.7 Å². The summed E-state index contributed by atoms with van der Waals surface area (Å²) in [5.74, 6) is -0.301. The molecule has 3 heterocycles. The minimum absolute atomic E-state index is 0.301. The average molecular weight is 455 g/mol. The molecule has 164 valence electrons. The Morgan fingerprint density at radius 3 is 2.10 bits per heavy atom. The molecule has 0 aliphatic carbocycles. The van der Waals surface area contributed by atoms with Gasteiger partial charge in [-0.15, -0.1) is 22.7 Å². The molecule has 0 spiro atoms. The molecule has 2 aromatic heterocycles. The molecule has 0 N–H and O–H groups in total. The molecule has 0 bridgehead atoms. The van der Waals surface area contributed by atoms with Crippen LogP contribution in [0.3, 0.4) is 0 Å². The van der Waals surface area contributed by atoms with Crippen molar-refractivity contribution >= 4 is 28.6 Å². The summed E-state index contributed by atoms with van der Waals surface area (Å²) in [6.07, 6.45) is 2.91.